The van der Waals surface area contributed by atoms with Gasteiger partial charge in [0.15, 0.2) is 5.75 Å². The number of benzene rings is 1. The van der Waals surface area contributed by atoms with Crippen LogP contribution in [0.4, 0.5) is 5.69 Å². The summed E-state index contributed by atoms with van der Waals surface area (Å²) in [4.78, 5) is 15.7. The minimum Gasteiger partial charge on any atom is -0.455 e. The van der Waals surface area contributed by atoms with Crippen LogP contribution in [0.1, 0.15) is 17.7 Å². The van der Waals surface area contributed by atoms with E-state index in [1.54, 1.807) is 24.4 Å². The van der Waals surface area contributed by atoms with E-state index in [9.17, 15) is 4.79 Å². The van der Waals surface area contributed by atoms with Crippen molar-refractivity contribution in [2.45, 2.75) is 12.8 Å². The number of carbonyl (C=O) groups excluding carboxylic acids is 1. The van der Waals surface area contributed by atoms with Crippen LogP contribution in [0.15, 0.2) is 36.5 Å². The number of nitrogens with zero attached hydrogens (tertiary/aromatic N) is 1. The molecule has 21 heavy (non-hydrogen) atoms. The first-order valence-corrected chi connectivity index (χ1v) is 6.90. The Morgan fingerprint density at radius 1 is 1.33 bits per heavy atom. The van der Waals surface area contributed by atoms with E-state index in [4.69, 9.17) is 22.7 Å². The Morgan fingerprint density at radius 3 is 3.00 bits per heavy atom. The summed E-state index contributed by atoms with van der Waals surface area (Å²) >= 11 is 4.96. The zero-order valence-corrected chi connectivity index (χ0v) is 11.9. The number of fused-ring (bicyclic) bond motifs is 1. The zero-order valence-electron chi connectivity index (χ0n) is 11.1. The quantitative estimate of drug-likeness (QED) is 0.851. The van der Waals surface area contributed by atoms with Gasteiger partial charge in [-0.1, -0.05) is 12.2 Å². The molecule has 1 aromatic heterocycles. The molecule has 1 aliphatic rings. The van der Waals surface area contributed by atoms with Crippen molar-refractivity contribution in [3.8, 4) is 11.5 Å². The molecular formula is C15H13N3O2S. The van der Waals surface area contributed by atoms with Crippen LogP contribution in [0, 0.1) is 0 Å². The van der Waals surface area contributed by atoms with Gasteiger partial charge in [-0.2, -0.15) is 0 Å². The predicted octanol–water partition coefficient (Wildman–Crippen LogP) is 2.39. The number of aromatic nitrogens is 1. The summed E-state index contributed by atoms with van der Waals surface area (Å²) in [7, 11) is 0. The van der Waals surface area contributed by atoms with E-state index in [0.29, 0.717) is 30.0 Å². The van der Waals surface area contributed by atoms with Gasteiger partial charge in [0, 0.05) is 18.3 Å². The largest absolute Gasteiger partial charge is 0.455 e. The monoisotopic (exact) mass is 299 g/mol. The summed E-state index contributed by atoms with van der Waals surface area (Å²) in [6.45, 7) is 0. The molecule has 1 aromatic carbocycles. The van der Waals surface area contributed by atoms with Crippen molar-refractivity contribution >= 4 is 28.8 Å². The zero-order chi connectivity index (χ0) is 14.8. The number of hydrogen-bond donors (Lipinski definition) is 2. The maximum absolute atomic E-state index is 11.3. The second-order valence-corrected chi connectivity index (χ2v) is 5.12. The van der Waals surface area contributed by atoms with Crippen LogP contribution in [-0.2, 0) is 11.2 Å². The lowest BCUT2D eigenvalue weighted by Gasteiger charge is -2.18. The normalized spacial score (nSPS) is 13.2. The molecular weight excluding hydrogens is 286 g/mol. The molecule has 0 atom stereocenters. The molecule has 0 unspecified atom stereocenters. The molecule has 0 aliphatic carbocycles. The maximum Gasteiger partial charge on any atom is 0.224 e. The molecule has 6 heteroatoms. The van der Waals surface area contributed by atoms with Gasteiger partial charge >= 0.3 is 0 Å². The first-order valence-electron chi connectivity index (χ1n) is 6.49. The van der Waals surface area contributed by atoms with Crippen LogP contribution in [0.5, 0.6) is 11.5 Å². The minimum absolute atomic E-state index is 0.0409. The fourth-order valence-corrected chi connectivity index (χ4v) is 2.36. The van der Waals surface area contributed by atoms with Gasteiger partial charge in [-0.25, -0.2) is 4.98 Å². The van der Waals surface area contributed by atoms with Crippen LogP contribution in [0.3, 0.4) is 0 Å². The Morgan fingerprint density at radius 2 is 2.19 bits per heavy atom. The van der Waals surface area contributed by atoms with E-state index in [1.807, 2.05) is 12.1 Å². The number of hydrogen-bond acceptors (Lipinski definition) is 4. The van der Waals surface area contributed by atoms with Crippen LogP contribution < -0.4 is 15.8 Å². The highest BCUT2D eigenvalue weighted by Gasteiger charge is 2.16. The molecule has 2 heterocycles. The van der Waals surface area contributed by atoms with E-state index in [1.165, 1.54) is 0 Å². The van der Waals surface area contributed by atoms with Crippen molar-refractivity contribution in [1.82, 2.24) is 4.98 Å². The molecule has 106 valence electrons. The molecule has 2 aromatic rings. The van der Waals surface area contributed by atoms with Gasteiger partial charge in [0.05, 0.1) is 0 Å². The number of nitrogens with two attached hydrogens (primary N) is 1. The summed E-state index contributed by atoms with van der Waals surface area (Å²) in [5.41, 5.74) is 7.97. The van der Waals surface area contributed by atoms with E-state index < -0.39 is 0 Å². The molecule has 0 saturated carbocycles. The minimum atomic E-state index is 0.0409. The van der Waals surface area contributed by atoms with Crippen LogP contribution >= 0.6 is 12.2 Å². The van der Waals surface area contributed by atoms with E-state index in [2.05, 4.69) is 10.3 Å². The third kappa shape index (κ3) is 2.85. The van der Waals surface area contributed by atoms with Gasteiger partial charge in [0.1, 0.15) is 16.4 Å². The standard InChI is InChI=1S/C15H13N3O2S/c16-15(21)14-12(2-1-7-17-14)20-10-4-5-11-9(8-10)3-6-13(19)18-11/h1-2,4-5,7-8H,3,6H2,(H2,16,21)(H,18,19). The Labute approximate surface area is 127 Å². The second-order valence-electron chi connectivity index (χ2n) is 4.68. The number of carbonyl (C=O) groups is 1. The number of pyridine rings is 1. The first kappa shape index (κ1) is 13.5. The van der Waals surface area contributed by atoms with Crippen molar-refractivity contribution in [3.63, 3.8) is 0 Å². The number of thiocarbonyl (C=S) groups is 1. The summed E-state index contributed by atoms with van der Waals surface area (Å²) in [5.74, 6) is 1.22. The lowest BCUT2D eigenvalue weighted by Crippen LogP contribution is -2.18. The number of amides is 1. The third-order valence-electron chi connectivity index (χ3n) is 3.20. The van der Waals surface area contributed by atoms with Crippen LogP contribution in [-0.4, -0.2) is 15.9 Å². The van der Waals surface area contributed by atoms with Gasteiger partial charge in [-0.05, 0) is 42.3 Å². The molecule has 1 aliphatic heterocycles. The SMILES string of the molecule is NC(=S)c1ncccc1Oc1ccc2c(c1)CCC(=O)N2. The number of rotatable bonds is 3. The van der Waals surface area contributed by atoms with E-state index >= 15 is 0 Å². The van der Waals surface area contributed by atoms with Crippen molar-refractivity contribution in [2.75, 3.05) is 5.32 Å². The molecule has 1 amide bonds. The third-order valence-corrected chi connectivity index (χ3v) is 3.40. The Kier molecular flexibility index (Phi) is 3.53. The molecule has 3 N–H and O–H groups in total. The van der Waals surface area contributed by atoms with Gasteiger partial charge < -0.3 is 15.8 Å². The van der Waals surface area contributed by atoms with Crippen LogP contribution in [0.25, 0.3) is 0 Å². The van der Waals surface area contributed by atoms with Gasteiger partial charge in [0.2, 0.25) is 5.91 Å². The maximum atomic E-state index is 11.3. The lowest BCUT2D eigenvalue weighted by atomic mass is 10.0. The topological polar surface area (TPSA) is 77.2 Å². The summed E-state index contributed by atoms with van der Waals surface area (Å²) in [6, 6.07) is 9.06. The predicted molar refractivity (Wildman–Crippen MR) is 83.6 cm³/mol. The molecule has 0 bridgehead atoms. The average Bonchev–Trinajstić information content (AvgIpc) is 2.48. The van der Waals surface area contributed by atoms with Crippen molar-refractivity contribution in [2.24, 2.45) is 5.73 Å². The highest BCUT2D eigenvalue weighted by molar-refractivity contribution is 7.80. The average molecular weight is 299 g/mol. The second kappa shape index (κ2) is 5.49. The molecule has 0 spiro atoms. The molecule has 0 fully saturated rings. The summed E-state index contributed by atoms with van der Waals surface area (Å²) in [6.07, 6.45) is 2.80. The van der Waals surface area contributed by atoms with E-state index in [0.717, 1.165) is 11.3 Å². The fourth-order valence-electron chi connectivity index (χ4n) is 2.21. The molecule has 0 radical (unpaired) electrons. The van der Waals surface area contributed by atoms with E-state index in [-0.39, 0.29) is 10.9 Å². The smallest absolute Gasteiger partial charge is 0.224 e. The molecule has 5 nitrogen and oxygen atoms in total. The molecule has 0 saturated heterocycles. The highest BCUT2D eigenvalue weighted by atomic mass is 32.1. The first-order chi connectivity index (χ1) is 10.1. The number of anilines is 1. The Balaban J connectivity index is 1.89. The summed E-state index contributed by atoms with van der Waals surface area (Å²) < 4.78 is 5.82. The Hall–Kier alpha value is -2.47. The van der Waals surface area contributed by atoms with Gasteiger partial charge in [-0.3, -0.25) is 4.79 Å². The number of ether oxygens (including phenoxy) is 1. The lowest BCUT2D eigenvalue weighted by molar-refractivity contribution is -0.116. The van der Waals surface area contributed by atoms with Gasteiger partial charge in [-0.15, -0.1) is 0 Å². The van der Waals surface area contributed by atoms with Crippen LogP contribution in [0.2, 0.25) is 0 Å². The summed E-state index contributed by atoms with van der Waals surface area (Å²) in [5, 5.41) is 2.83. The fraction of sp³-hybridized carbons (Fsp3) is 0.133. The van der Waals surface area contributed by atoms with Gasteiger partial charge in [0.25, 0.3) is 0 Å². The highest BCUT2D eigenvalue weighted by Crippen LogP contribution is 2.30. The number of nitrogens with one attached hydrogen (secondary N) is 1. The Bertz CT molecular complexity index is 731. The number of aryl methyl sites for hydroxylation is 1. The molecule has 3 rings (SSSR count). The van der Waals surface area contributed by atoms with Crippen molar-refractivity contribution < 1.29 is 9.53 Å². The van der Waals surface area contributed by atoms with Crippen molar-refractivity contribution in [3.05, 3.63) is 47.8 Å². The van der Waals surface area contributed by atoms with Crippen molar-refractivity contribution in [1.29, 1.82) is 0 Å².